The summed E-state index contributed by atoms with van der Waals surface area (Å²) in [6.45, 7) is -0.375. The minimum atomic E-state index is -1.16. The van der Waals surface area contributed by atoms with Gasteiger partial charge in [0, 0.05) is 25.0 Å². The Bertz CT molecular complexity index is 804. The monoisotopic (exact) mass is 319 g/mol. The lowest BCUT2D eigenvalue weighted by molar-refractivity contribution is -0.0506. The lowest BCUT2D eigenvalue weighted by Gasteiger charge is -2.19. The summed E-state index contributed by atoms with van der Waals surface area (Å²) in [4.78, 5) is 4.32. The smallest absolute Gasteiger partial charge is 0.163 e. The first kappa shape index (κ1) is 14.4. The lowest BCUT2D eigenvalue weighted by atomic mass is 10.1. The molecule has 0 radical (unpaired) electrons. The van der Waals surface area contributed by atoms with E-state index in [2.05, 4.69) is 10.1 Å². The fourth-order valence-electron chi connectivity index (χ4n) is 3.21. The zero-order chi connectivity index (χ0) is 16.3. The van der Waals surface area contributed by atoms with Crippen LogP contribution < -0.4 is 10.7 Å². The Kier molecular flexibility index (Phi) is 3.07. The summed E-state index contributed by atoms with van der Waals surface area (Å²) in [5.41, 5.74) is 7.44. The number of nitrogens with zero attached hydrogens (tertiary/aromatic N) is 4. The van der Waals surface area contributed by atoms with Gasteiger partial charge >= 0.3 is 0 Å². The fraction of sp³-hybridized carbons (Fsp3) is 0.429. The van der Waals surface area contributed by atoms with Crippen molar-refractivity contribution in [2.45, 2.75) is 24.5 Å². The molecule has 9 heteroatoms. The number of ether oxygens (including phenoxy) is 1. The third-order valence-corrected chi connectivity index (χ3v) is 4.36. The van der Waals surface area contributed by atoms with Gasteiger partial charge in [-0.15, -0.1) is 0 Å². The largest absolute Gasteiger partial charge is 0.394 e. The summed E-state index contributed by atoms with van der Waals surface area (Å²) in [5, 5.41) is 36.1. The van der Waals surface area contributed by atoms with Crippen molar-refractivity contribution < 1.29 is 20.1 Å². The third-order valence-electron chi connectivity index (χ3n) is 4.36. The molecule has 2 aliphatic heterocycles. The maximum atomic E-state index is 10.3. The van der Waals surface area contributed by atoms with Crippen LogP contribution in [0.2, 0.25) is 0 Å². The number of anilines is 1. The van der Waals surface area contributed by atoms with Crippen LogP contribution in [0.1, 0.15) is 11.8 Å². The molecule has 0 bridgehead atoms. The molecule has 2 aromatic heterocycles. The second kappa shape index (κ2) is 4.90. The summed E-state index contributed by atoms with van der Waals surface area (Å²) in [6.07, 6.45) is -0.634. The Balaban J connectivity index is 1.89. The average Bonchev–Trinajstić information content (AvgIpc) is 3.05. The van der Waals surface area contributed by atoms with E-state index >= 15 is 0 Å². The molecule has 2 aliphatic rings. The Morgan fingerprint density at radius 1 is 1.35 bits per heavy atom. The highest BCUT2D eigenvalue weighted by atomic mass is 16.6. The van der Waals surface area contributed by atoms with Crippen LogP contribution in [-0.2, 0) is 4.74 Å². The molecule has 4 atom stereocenters. The van der Waals surface area contributed by atoms with Gasteiger partial charge in [0.05, 0.1) is 17.5 Å². The van der Waals surface area contributed by atoms with Crippen LogP contribution in [0, 0.1) is 0 Å². The van der Waals surface area contributed by atoms with Crippen molar-refractivity contribution in [3.05, 3.63) is 24.0 Å². The van der Waals surface area contributed by atoms with Crippen molar-refractivity contribution in [1.29, 1.82) is 0 Å². The maximum Gasteiger partial charge on any atom is 0.163 e. The lowest BCUT2D eigenvalue weighted by Crippen LogP contribution is -2.33. The van der Waals surface area contributed by atoms with E-state index in [1.54, 1.807) is 35.1 Å². The molecule has 1 saturated heterocycles. The Hall–Kier alpha value is -2.20. The van der Waals surface area contributed by atoms with Gasteiger partial charge in [-0.1, -0.05) is 0 Å². The van der Waals surface area contributed by atoms with E-state index in [9.17, 15) is 15.3 Å². The van der Waals surface area contributed by atoms with Crippen LogP contribution in [-0.4, -0.2) is 62.7 Å². The van der Waals surface area contributed by atoms with E-state index in [1.807, 2.05) is 0 Å². The molecule has 9 nitrogen and oxygen atoms in total. The number of pyridine rings is 1. The molecule has 3 unspecified atom stereocenters. The van der Waals surface area contributed by atoms with E-state index in [-0.39, 0.29) is 6.61 Å². The van der Waals surface area contributed by atoms with Gasteiger partial charge in [-0.25, -0.2) is 9.99 Å². The molecule has 5 N–H and O–H groups in total. The highest BCUT2D eigenvalue weighted by molar-refractivity contribution is 6.14. The predicted octanol–water partition coefficient (Wildman–Crippen LogP) is -1.28. The Labute approximate surface area is 131 Å². The Morgan fingerprint density at radius 2 is 2.13 bits per heavy atom. The highest BCUT2D eigenvalue weighted by Crippen LogP contribution is 2.37. The van der Waals surface area contributed by atoms with Crippen molar-refractivity contribution in [3.8, 4) is 0 Å². The van der Waals surface area contributed by atoms with E-state index < -0.39 is 24.5 Å². The minimum Gasteiger partial charge on any atom is -0.394 e. The molecule has 0 spiro atoms. The maximum absolute atomic E-state index is 10.3. The van der Waals surface area contributed by atoms with Crippen molar-refractivity contribution in [1.82, 2.24) is 9.55 Å². The average molecular weight is 319 g/mol. The first-order chi connectivity index (χ1) is 11.0. The fourth-order valence-corrected chi connectivity index (χ4v) is 3.21. The van der Waals surface area contributed by atoms with Gasteiger partial charge < -0.3 is 30.4 Å². The number of hydrogen-bond acceptors (Lipinski definition) is 8. The molecule has 0 amide bonds. The number of hydrogen-bond donors (Lipinski definition) is 4. The summed E-state index contributed by atoms with van der Waals surface area (Å²) < 4.78 is 7.30. The van der Waals surface area contributed by atoms with Crippen molar-refractivity contribution in [2.24, 2.45) is 10.8 Å². The van der Waals surface area contributed by atoms with E-state index in [0.717, 1.165) is 10.9 Å². The molecule has 1 fully saturated rings. The number of aromatic nitrogens is 2. The van der Waals surface area contributed by atoms with Crippen molar-refractivity contribution >= 4 is 22.6 Å². The van der Waals surface area contributed by atoms with E-state index in [0.29, 0.717) is 17.2 Å². The number of amidine groups is 1. The van der Waals surface area contributed by atoms with Crippen LogP contribution in [0.15, 0.2) is 23.6 Å². The molecule has 2 aromatic rings. The molecule has 122 valence electrons. The second-order valence-corrected chi connectivity index (χ2v) is 5.72. The van der Waals surface area contributed by atoms with Gasteiger partial charge in [-0.2, -0.15) is 5.10 Å². The summed E-state index contributed by atoms with van der Waals surface area (Å²) in [5.74, 6) is 0.987. The predicted molar refractivity (Wildman–Crippen MR) is 81.9 cm³/mol. The molecular formula is C14H17N5O4. The quantitative estimate of drug-likeness (QED) is 0.542. The summed E-state index contributed by atoms with van der Waals surface area (Å²) >= 11 is 0. The van der Waals surface area contributed by atoms with Gasteiger partial charge in [0.1, 0.15) is 18.3 Å². The van der Waals surface area contributed by atoms with Crippen LogP contribution in [0.25, 0.3) is 10.9 Å². The second-order valence-electron chi connectivity index (χ2n) is 5.72. The Morgan fingerprint density at radius 3 is 2.83 bits per heavy atom. The molecule has 23 heavy (non-hydrogen) atoms. The van der Waals surface area contributed by atoms with Gasteiger partial charge in [-0.05, 0) is 6.07 Å². The number of nitrogens with two attached hydrogens (primary N) is 1. The zero-order valence-corrected chi connectivity index (χ0v) is 12.4. The van der Waals surface area contributed by atoms with Gasteiger partial charge in [0.2, 0.25) is 0 Å². The van der Waals surface area contributed by atoms with E-state index in [4.69, 9.17) is 10.5 Å². The number of hydrazone groups is 1. The van der Waals surface area contributed by atoms with E-state index in [1.165, 1.54) is 0 Å². The van der Waals surface area contributed by atoms with Crippen molar-refractivity contribution in [3.63, 3.8) is 0 Å². The highest BCUT2D eigenvalue weighted by Gasteiger charge is 2.44. The topological polar surface area (TPSA) is 129 Å². The summed E-state index contributed by atoms with van der Waals surface area (Å²) in [6, 6.07) is 1.78. The molecule has 4 rings (SSSR count). The van der Waals surface area contributed by atoms with Crippen LogP contribution in [0.3, 0.4) is 0 Å². The van der Waals surface area contributed by atoms with Gasteiger partial charge in [0.15, 0.2) is 17.9 Å². The summed E-state index contributed by atoms with van der Waals surface area (Å²) in [7, 11) is 1.75. The molecule has 0 saturated carbocycles. The first-order valence-electron chi connectivity index (χ1n) is 7.23. The molecule has 0 aliphatic carbocycles. The molecular weight excluding hydrogens is 302 g/mol. The van der Waals surface area contributed by atoms with Crippen molar-refractivity contribution in [2.75, 3.05) is 18.7 Å². The zero-order valence-electron chi connectivity index (χ0n) is 12.4. The van der Waals surface area contributed by atoms with Crippen LogP contribution in [0.4, 0.5) is 5.82 Å². The SMILES string of the molecule is CN1N=C(N)c2cn(C3OC(CO)C(O)[C@H]3O)c3ccnc1c23. The minimum absolute atomic E-state index is 0.337. The normalized spacial score (nSPS) is 30.1. The van der Waals surface area contributed by atoms with Gasteiger partial charge in [0.25, 0.3) is 0 Å². The number of rotatable bonds is 2. The van der Waals surface area contributed by atoms with Crippen LogP contribution in [0.5, 0.6) is 0 Å². The molecule has 4 heterocycles. The molecule has 0 aromatic carbocycles. The number of aliphatic hydroxyl groups excluding tert-OH is 3. The first-order valence-corrected chi connectivity index (χ1v) is 7.23. The van der Waals surface area contributed by atoms with Gasteiger partial charge in [-0.3, -0.25) is 0 Å². The number of aliphatic hydroxyl groups is 3. The standard InChI is InChI=1S/C14H17N5O4/c1-18-13-9-6(12(15)17-18)4-19(7(9)2-3-16-13)14-11(22)10(21)8(5-20)23-14/h2-4,8,10-11,14,20-22H,5H2,1H3,(H2,15,17)/t8?,10?,11-,14?/m1/s1. The third kappa shape index (κ3) is 1.88. The van der Waals surface area contributed by atoms with Crippen LogP contribution >= 0.6 is 0 Å².